The van der Waals surface area contributed by atoms with Crippen molar-refractivity contribution < 1.29 is 0 Å². The average molecular weight is 300 g/mol. The summed E-state index contributed by atoms with van der Waals surface area (Å²) < 4.78 is 2.68. The molecule has 7 heteroatoms. The predicted octanol–water partition coefficient (Wildman–Crippen LogP) is 3.65. The summed E-state index contributed by atoms with van der Waals surface area (Å²) in [5.41, 5.74) is 1.04. The Morgan fingerprint density at radius 2 is 2.22 bits per heavy atom. The van der Waals surface area contributed by atoms with Crippen LogP contribution in [0.4, 0.5) is 0 Å². The van der Waals surface area contributed by atoms with Crippen LogP contribution in [0.3, 0.4) is 0 Å². The molecule has 0 aliphatic heterocycles. The number of thiazole rings is 1. The fraction of sp³-hybridized carbons (Fsp3) is 0.545. The van der Waals surface area contributed by atoms with Gasteiger partial charge in [0.1, 0.15) is 5.01 Å². The molecule has 0 aromatic carbocycles. The molecule has 0 atom stereocenters. The Labute approximate surface area is 120 Å². The number of hydrogen-bond donors (Lipinski definition) is 1. The maximum absolute atomic E-state index is 5.22. The van der Waals surface area contributed by atoms with Gasteiger partial charge >= 0.3 is 0 Å². The third kappa shape index (κ3) is 2.67. The first-order chi connectivity index (χ1) is 8.67. The molecule has 0 amide bonds. The second-order valence-electron chi connectivity index (χ2n) is 3.76. The maximum atomic E-state index is 5.22. The quantitative estimate of drug-likeness (QED) is 0.856. The van der Waals surface area contributed by atoms with Gasteiger partial charge in [0.25, 0.3) is 0 Å². The van der Waals surface area contributed by atoms with E-state index in [1.807, 2.05) is 23.3 Å². The summed E-state index contributed by atoms with van der Waals surface area (Å²) in [5, 5.41) is 8.33. The molecule has 0 saturated heterocycles. The van der Waals surface area contributed by atoms with Gasteiger partial charge in [0.2, 0.25) is 0 Å². The van der Waals surface area contributed by atoms with Crippen molar-refractivity contribution in [3.8, 4) is 10.7 Å². The number of aromatic nitrogens is 4. The molecule has 98 valence electrons. The van der Waals surface area contributed by atoms with Gasteiger partial charge in [-0.3, -0.25) is 9.67 Å². The van der Waals surface area contributed by atoms with Crippen molar-refractivity contribution in [2.24, 2.45) is 0 Å². The van der Waals surface area contributed by atoms with E-state index < -0.39 is 0 Å². The van der Waals surface area contributed by atoms with Gasteiger partial charge in [0.05, 0.1) is 10.6 Å². The molecule has 0 radical (unpaired) electrons. The normalized spacial score (nSPS) is 11.1. The number of hydrogen-bond acceptors (Lipinski definition) is 5. The minimum absolute atomic E-state index is 0.671. The Morgan fingerprint density at radius 3 is 2.89 bits per heavy atom. The van der Waals surface area contributed by atoms with Crippen LogP contribution < -0.4 is 0 Å². The Morgan fingerprint density at radius 1 is 1.44 bits per heavy atom. The Hall–Kier alpha value is -0.660. The lowest BCUT2D eigenvalue weighted by atomic mass is 10.4. The second-order valence-corrected chi connectivity index (χ2v) is 6.50. The number of H-pyrrole nitrogens is 1. The van der Waals surface area contributed by atoms with Gasteiger partial charge in [-0.1, -0.05) is 6.92 Å². The van der Waals surface area contributed by atoms with E-state index in [4.69, 9.17) is 12.2 Å². The highest BCUT2D eigenvalue weighted by Gasteiger charge is 2.15. The smallest absolute Gasteiger partial charge is 0.195 e. The van der Waals surface area contributed by atoms with Gasteiger partial charge in [-0.2, -0.15) is 16.9 Å². The maximum Gasteiger partial charge on any atom is 0.195 e. The molecule has 0 unspecified atom stereocenters. The van der Waals surface area contributed by atoms with Crippen LogP contribution in [-0.2, 0) is 12.3 Å². The summed E-state index contributed by atoms with van der Waals surface area (Å²) >= 11 is 8.82. The average Bonchev–Trinajstić information content (AvgIpc) is 2.89. The van der Waals surface area contributed by atoms with E-state index in [1.54, 1.807) is 11.3 Å². The summed E-state index contributed by atoms with van der Waals surface area (Å²) in [7, 11) is 0. The zero-order valence-electron chi connectivity index (χ0n) is 10.7. The molecule has 0 bridgehead atoms. The van der Waals surface area contributed by atoms with Crippen LogP contribution >= 0.6 is 35.3 Å². The number of nitrogens with one attached hydrogen (secondary N) is 1. The predicted molar refractivity (Wildman–Crippen MR) is 80.8 cm³/mol. The van der Waals surface area contributed by atoms with Crippen LogP contribution in [0.2, 0.25) is 0 Å². The molecule has 1 N–H and O–H groups in total. The molecule has 0 saturated carbocycles. The molecule has 0 aliphatic rings. The fourth-order valence-electron chi connectivity index (χ4n) is 1.70. The van der Waals surface area contributed by atoms with E-state index in [0.29, 0.717) is 4.77 Å². The number of aromatic amines is 1. The Bertz CT molecular complexity index is 581. The first-order valence-electron chi connectivity index (χ1n) is 5.87. The van der Waals surface area contributed by atoms with Gasteiger partial charge in [-0.15, -0.1) is 11.3 Å². The van der Waals surface area contributed by atoms with Gasteiger partial charge in [0.15, 0.2) is 10.6 Å². The Balaban J connectivity index is 2.38. The van der Waals surface area contributed by atoms with Crippen molar-refractivity contribution >= 4 is 35.3 Å². The standard InChI is InChI=1S/C11H16N4S3/c1-4-15-10(13-14-11(15)16)9-7(3)12-8(18-9)6-17-5-2/h4-6H2,1-3H3,(H,14,16). The molecule has 18 heavy (non-hydrogen) atoms. The third-order valence-corrected chi connectivity index (χ3v) is 5.08. The first-order valence-corrected chi connectivity index (χ1v) is 8.24. The molecule has 2 aromatic rings. The number of nitrogens with zero attached hydrogens (tertiary/aromatic N) is 3. The molecule has 0 fully saturated rings. The summed E-state index contributed by atoms with van der Waals surface area (Å²) in [4.78, 5) is 5.73. The van der Waals surface area contributed by atoms with Gasteiger partial charge in [-0.25, -0.2) is 4.98 Å². The molecular weight excluding hydrogens is 284 g/mol. The second kappa shape index (κ2) is 5.99. The van der Waals surface area contributed by atoms with E-state index in [-0.39, 0.29) is 0 Å². The Kier molecular flexibility index (Phi) is 4.58. The van der Waals surface area contributed by atoms with Crippen LogP contribution in [-0.4, -0.2) is 25.5 Å². The molecule has 2 heterocycles. The highest BCUT2D eigenvalue weighted by atomic mass is 32.2. The minimum Gasteiger partial charge on any atom is -0.300 e. The van der Waals surface area contributed by atoms with Gasteiger partial charge in [-0.05, 0) is 31.8 Å². The number of thioether (sulfide) groups is 1. The van der Waals surface area contributed by atoms with Crippen LogP contribution in [0.1, 0.15) is 24.5 Å². The lowest BCUT2D eigenvalue weighted by Crippen LogP contribution is -1.97. The van der Waals surface area contributed by atoms with E-state index in [1.165, 1.54) is 0 Å². The van der Waals surface area contributed by atoms with Crippen molar-refractivity contribution in [3.63, 3.8) is 0 Å². The molecular formula is C11H16N4S3. The molecule has 2 aromatic heterocycles. The highest BCUT2D eigenvalue weighted by Crippen LogP contribution is 2.30. The molecule has 2 rings (SSSR count). The molecule has 0 aliphatic carbocycles. The van der Waals surface area contributed by atoms with Crippen molar-refractivity contribution in [1.29, 1.82) is 0 Å². The van der Waals surface area contributed by atoms with Crippen LogP contribution in [0.15, 0.2) is 0 Å². The van der Waals surface area contributed by atoms with Crippen molar-refractivity contribution in [2.45, 2.75) is 33.1 Å². The van der Waals surface area contributed by atoms with Gasteiger partial charge < -0.3 is 0 Å². The van der Waals surface area contributed by atoms with E-state index in [0.717, 1.165) is 39.5 Å². The molecule has 0 spiro atoms. The lowest BCUT2D eigenvalue weighted by Gasteiger charge is -2.00. The van der Waals surface area contributed by atoms with Crippen molar-refractivity contribution in [1.82, 2.24) is 19.7 Å². The number of aryl methyl sites for hydroxylation is 1. The summed E-state index contributed by atoms with van der Waals surface area (Å²) in [6.07, 6.45) is 0. The monoisotopic (exact) mass is 300 g/mol. The number of rotatable bonds is 5. The lowest BCUT2D eigenvalue weighted by molar-refractivity contribution is 0.756. The SMILES string of the molecule is CCSCc1nc(C)c(-c2n[nH]c(=S)n2CC)s1. The zero-order valence-corrected chi connectivity index (χ0v) is 13.1. The first kappa shape index (κ1) is 13.8. The van der Waals surface area contributed by atoms with Crippen LogP contribution in [0, 0.1) is 11.7 Å². The van der Waals surface area contributed by atoms with Crippen molar-refractivity contribution in [3.05, 3.63) is 15.5 Å². The third-order valence-electron chi connectivity index (χ3n) is 2.55. The van der Waals surface area contributed by atoms with E-state index in [2.05, 4.69) is 29.0 Å². The molecule has 4 nitrogen and oxygen atoms in total. The van der Waals surface area contributed by atoms with E-state index in [9.17, 15) is 0 Å². The van der Waals surface area contributed by atoms with Crippen molar-refractivity contribution in [2.75, 3.05) is 5.75 Å². The summed E-state index contributed by atoms with van der Waals surface area (Å²) in [6, 6.07) is 0. The minimum atomic E-state index is 0.671. The topological polar surface area (TPSA) is 46.5 Å². The van der Waals surface area contributed by atoms with Gasteiger partial charge in [0, 0.05) is 12.3 Å². The summed E-state index contributed by atoms with van der Waals surface area (Å²) in [5.74, 6) is 2.99. The summed E-state index contributed by atoms with van der Waals surface area (Å²) in [6.45, 7) is 7.08. The largest absolute Gasteiger partial charge is 0.300 e. The van der Waals surface area contributed by atoms with Crippen LogP contribution in [0.25, 0.3) is 10.7 Å². The highest BCUT2D eigenvalue weighted by molar-refractivity contribution is 7.98. The zero-order chi connectivity index (χ0) is 13.1. The fourth-order valence-corrected chi connectivity index (χ4v) is 3.74. The van der Waals surface area contributed by atoms with Crippen LogP contribution in [0.5, 0.6) is 0 Å². The van der Waals surface area contributed by atoms with E-state index >= 15 is 0 Å².